The molecule has 0 N–H and O–H groups in total. The van der Waals surface area contributed by atoms with E-state index in [9.17, 15) is 10.1 Å². The van der Waals surface area contributed by atoms with Gasteiger partial charge in [-0.1, -0.05) is 0 Å². The molecule has 2 aromatic rings. The third kappa shape index (κ3) is 5.58. The van der Waals surface area contributed by atoms with Crippen molar-refractivity contribution in [1.82, 2.24) is 14.9 Å². The standard InChI is InChI=1S/C21H23ClN4O3/c1-21(2,3)29-20(27)26-10-4-5-16(13-26)28-18-7-6-14(11-15(18)12-23)17-8-9-24-19(22)25-17/h6-9,11,16H,4-5,10,13H2,1-3H3/t16-/m0/s1. The van der Waals surface area contributed by atoms with Gasteiger partial charge in [-0.25, -0.2) is 14.8 Å². The third-order valence-corrected chi connectivity index (χ3v) is 4.53. The molecule has 0 aliphatic carbocycles. The molecule has 3 rings (SSSR count). The number of hydrogen-bond acceptors (Lipinski definition) is 6. The summed E-state index contributed by atoms with van der Waals surface area (Å²) in [5.41, 5.74) is 1.23. The molecule has 1 amide bonds. The largest absolute Gasteiger partial charge is 0.487 e. The highest BCUT2D eigenvalue weighted by molar-refractivity contribution is 6.28. The summed E-state index contributed by atoms with van der Waals surface area (Å²) in [5, 5.41) is 9.71. The monoisotopic (exact) mass is 414 g/mol. The number of ether oxygens (including phenoxy) is 2. The first-order valence-corrected chi connectivity index (χ1v) is 9.80. The molecule has 7 nitrogen and oxygen atoms in total. The fourth-order valence-electron chi connectivity index (χ4n) is 3.08. The van der Waals surface area contributed by atoms with Crippen molar-refractivity contribution in [2.45, 2.75) is 45.3 Å². The first-order chi connectivity index (χ1) is 13.7. The van der Waals surface area contributed by atoms with E-state index in [1.165, 1.54) is 0 Å². The number of piperidine rings is 1. The number of nitriles is 1. The van der Waals surface area contributed by atoms with Gasteiger partial charge in [-0.2, -0.15) is 5.26 Å². The fraction of sp³-hybridized carbons (Fsp3) is 0.429. The molecule has 1 aromatic heterocycles. The maximum Gasteiger partial charge on any atom is 0.410 e. The number of aromatic nitrogens is 2. The fourth-order valence-corrected chi connectivity index (χ4v) is 3.23. The van der Waals surface area contributed by atoms with Gasteiger partial charge < -0.3 is 14.4 Å². The number of amides is 1. The Morgan fingerprint density at radius 3 is 2.83 bits per heavy atom. The van der Waals surface area contributed by atoms with Gasteiger partial charge >= 0.3 is 6.09 Å². The molecule has 1 aliphatic rings. The number of likely N-dealkylation sites (tertiary alicyclic amines) is 1. The van der Waals surface area contributed by atoms with E-state index < -0.39 is 5.60 Å². The smallest absolute Gasteiger partial charge is 0.410 e. The van der Waals surface area contributed by atoms with Gasteiger partial charge in [-0.3, -0.25) is 0 Å². The molecule has 2 heterocycles. The summed E-state index contributed by atoms with van der Waals surface area (Å²) in [6.45, 7) is 6.58. The number of benzene rings is 1. The molecule has 0 bridgehead atoms. The molecule has 0 spiro atoms. The maximum absolute atomic E-state index is 12.3. The van der Waals surface area contributed by atoms with Crippen molar-refractivity contribution in [2.75, 3.05) is 13.1 Å². The zero-order valence-corrected chi connectivity index (χ0v) is 17.4. The Kier molecular flexibility index (Phi) is 6.23. The Bertz CT molecular complexity index is 936. The number of nitrogens with zero attached hydrogens (tertiary/aromatic N) is 4. The van der Waals surface area contributed by atoms with Gasteiger partial charge in [0.1, 0.15) is 23.5 Å². The van der Waals surface area contributed by atoms with Gasteiger partial charge in [0, 0.05) is 18.3 Å². The summed E-state index contributed by atoms with van der Waals surface area (Å²) in [6, 6.07) is 9.17. The minimum Gasteiger partial charge on any atom is -0.487 e. The van der Waals surface area contributed by atoms with Crippen LogP contribution in [0, 0.1) is 11.3 Å². The van der Waals surface area contributed by atoms with E-state index >= 15 is 0 Å². The zero-order chi connectivity index (χ0) is 21.0. The average molecular weight is 415 g/mol. The second-order valence-corrected chi connectivity index (χ2v) is 8.18. The van der Waals surface area contributed by atoms with Gasteiger partial charge in [0.15, 0.2) is 0 Å². The van der Waals surface area contributed by atoms with Crippen LogP contribution in [0.25, 0.3) is 11.3 Å². The molecule has 1 aliphatic heterocycles. The number of halogens is 1. The maximum atomic E-state index is 12.3. The average Bonchev–Trinajstić information content (AvgIpc) is 2.67. The van der Waals surface area contributed by atoms with Crippen LogP contribution in [0.4, 0.5) is 4.79 Å². The van der Waals surface area contributed by atoms with Crippen LogP contribution in [0.15, 0.2) is 30.5 Å². The third-order valence-electron chi connectivity index (χ3n) is 4.35. The predicted molar refractivity (Wildman–Crippen MR) is 109 cm³/mol. The lowest BCUT2D eigenvalue weighted by atomic mass is 10.1. The Balaban J connectivity index is 1.72. The van der Waals surface area contributed by atoms with Crippen LogP contribution < -0.4 is 4.74 Å². The molecule has 1 saturated heterocycles. The molecule has 29 heavy (non-hydrogen) atoms. The molecule has 8 heteroatoms. The molecule has 0 saturated carbocycles. The second-order valence-electron chi connectivity index (χ2n) is 7.84. The SMILES string of the molecule is CC(C)(C)OC(=O)N1CCC[C@H](Oc2ccc(-c3ccnc(Cl)n3)cc2C#N)C1. The molecule has 1 atom stereocenters. The molecule has 0 unspecified atom stereocenters. The van der Waals surface area contributed by atoms with Crippen LogP contribution in [0.2, 0.25) is 5.28 Å². The number of hydrogen-bond donors (Lipinski definition) is 0. The first kappa shape index (κ1) is 20.9. The summed E-state index contributed by atoms with van der Waals surface area (Å²) in [6.07, 6.45) is 2.62. The first-order valence-electron chi connectivity index (χ1n) is 9.43. The summed E-state index contributed by atoms with van der Waals surface area (Å²) in [7, 11) is 0. The van der Waals surface area contributed by atoms with Crippen LogP contribution in [0.5, 0.6) is 5.75 Å². The summed E-state index contributed by atoms with van der Waals surface area (Å²) in [5.74, 6) is 0.479. The molecular formula is C21H23ClN4O3. The van der Waals surface area contributed by atoms with E-state index in [0.717, 1.165) is 18.4 Å². The molecule has 0 radical (unpaired) electrons. The van der Waals surface area contributed by atoms with Crippen LogP contribution in [0.1, 0.15) is 39.2 Å². The topological polar surface area (TPSA) is 88.3 Å². The zero-order valence-electron chi connectivity index (χ0n) is 16.7. The lowest BCUT2D eigenvalue weighted by Gasteiger charge is -2.34. The van der Waals surface area contributed by atoms with E-state index in [1.54, 1.807) is 29.3 Å². The summed E-state index contributed by atoms with van der Waals surface area (Å²) in [4.78, 5) is 22.0. The van der Waals surface area contributed by atoms with E-state index in [-0.39, 0.29) is 17.5 Å². The van der Waals surface area contributed by atoms with Gasteiger partial charge in [-0.05, 0) is 69.5 Å². The highest BCUT2D eigenvalue weighted by Crippen LogP contribution is 2.28. The van der Waals surface area contributed by atoms with Crippen LogP contribution in [-0.2, 0) is 4.74 Å². The predicted octanol–water partition coefficient (Wildman–Crippen LogP) is 4.45. The molecular weight excluding hydrogens is 392 g/mol. The Morgan fingerprint density at radius 2 is 2.14 bits per heavy atom. The Morgan fingerprint density at radius 1 is 1.34 bits per heavy atom. The number of carbonyl (C=O) groups is 1. The highest BCUT2D eigenvalue weighted by Gasteiger charge is 2.29. The van der Waals surface area contributed by atoms with Gasteiger partial charge in [0.2, 0.25) is 5.28 Å². The second kappa shape index (κ2) is 8.66. The molecule has 152 valence electrons. The molecule has 1 aromatic carbocycles. The normalized spacial score (nSPS) is 16.8. The van der Waals surface area contributed by atoms with E-state index in [0.29, 0.717) is 30.1 Å². The van der Waals surface area contributed by atoms with Crippen molar-refractivity contribution in [3.05, 3.63) is 41.3 Å². The lowest BCUT2D eigenvalue weighted by molar-refractivity contribution is 0.00773. The van der Waals surface area contributed by atoms with Crippen LogP contribution >= 0.6 is 11.6 Å². The van der Waals surface area contributed by atoms with Crippen LogP contribution in [-0.4, -0.2) is 45.8 Å². The van der Waals surface area contributed by atoms with E-state index in [4.69, 9.17) is 21.1 Å². The summed E-state index contributed by atoms with van der Waals surface area (Å²) >= 11 is 5.85. The van der Waals surface area contributed by atoms with Gasteiger partial charge in [0.25, 0.3) is 0 Å². The minimum atomic E-state index is -0.543. The van der Waals surface area contributed by atoms with Crippen molar-refractivity contribution >= 4 is 17.7 Å². The number of rotatable bonds is 3. The Hall–Kier alpha value is -2.85. The molecule has 1 fully saturated rings. The van der Waals surface area contributed by atoms with E-state index in [1.807, 2.05) is 26.8 Å². The van der Waals surface area contributed by atoms with Crippen molar-refractivity contribution in [3.8, 4) is 23.1 Å². The highest BCUT2D eigenvalue weighted by atomic mass is 35.5. The minimum absolute atomic E-state index is 0.144. The van der Waals surface area contributed by atoms with Crippen molar-refractivity contribution in [1.29, 1.82) is 5.26 Å². The number of carbonyl (C=O) groups excluding carboxylic acids is 1. The summed E-state index contributed by atoms with van der Waals surface area (Å²) < 4.78 is 11.5. The van der Waals surface area contributed by atoms with Gasteiger partial charge in [0.05, 0.1) is 17.8 Å². The van der Waals surface area contributed by atoms with Crippen molar-refractivity contribution < 1.29 is 14.3 Å². The van der Waals surface area contributed by atoms with Crippen molar-refractivity contribution in [3.63, 3.8) is 0 Å². The lowest BCUT2D eigenvalue weighted by Crippen LogP contribution is -2.46. The van der Waals surface area contributed by atoms with E-state index in [2.05, 4.69) is 16.0 Å². The van der Waals surface area contributed by atoms with Gasteiger partial charge in [-0.15, -0.1) is 0 Å². The Labute approximate surface area is 175 Å². The van der Waals surface area contributed by atoms with Crippen LogP contribution in [0.3, 0.4) is 0 Å². The van der Waals surface area contributed by atoms with Crippen molar-refractivity contribution in [2.24, 2.45) is 0 Å². The quantitative estimate of drug-likeness (QED) is 0.689.